The Bertz CT molecular complexity index is 462. The summed E-state index contributed by atoms with van der Waals surface area (Å²) in [4.78, 5) is 12.6. The van der Waals surface area contributed by atoms with E-state index in [1.807, 2.05) is 12.1 Å². The van der Waals surface area contributed by atoms with Gasteiger partial charge in [-0.1, -0.05) is 36.4 Å². The van der Waals surface area contributed by atoms with Crippen LogP contribution in [0.4, 0.5) is 0 Å². The smallest absolute Gasteiger partial charge is 0.143 e. The molecule has 2 saturated carbocycles. The molecule has 0 aliphatic heterocycles. The van der Waals surface area contributed by atoms with Gasteiger partial charge in [0.2, 0.25) is 0 Å². The third-order valence-corrected chi connectivity index (χ3v) is 4.70. The topological polar surface area (TPSA) is 17.1 Å². The Morgan fingerprint density at radius 2 is 2.11 bits per heavy atom. The van der Waals surface area contributed by atoms with E-state index in [0.717, 1.165) is 25.7 Å². The predicted molar refractivity (Wildman–Crippen MR) is 73.2 cm³/mol. The second-order valence-electron chi connectivity index (χ2n) is 5.94. The molecule has 2 aliphatic carbocycles. The summed E-state index contributed by atoms with van der Waals surface area (Å²) in [7, 11) is 0. The van der Waals surface area contributed by atoms with E-state index in [1.54, 1.807) is 0 Å². The molecule has 0 heterocycles. The van der Waals surface area contributed by atoms with Gasteiger partial charge < -0.3 is 0 Å². The Labute approximate surface area is 109 Å². The molecule has 3 rings (SSSR count). The monoisotopic (exact) mass is 240 g/mol. The second kappa shape index (κ2) is 4.38. The number of ketones is 1. The van der Waals surface area contributed by atoms with Crippen LogP contribution in [0.15, 0.2) is 43.0 Å². The fraction of sp³-hybridized carbons (Fsp3) is 0.471. The lowest BCUT2D eigenvalue weighted by Crippen LogP contribution is -2.37. The minimum Gasteiger partial charge on any atom is -0.299 e. The van der Waals surface area contributed by atoms with Crippen molar-refractivity contribution in [1.29, 1.82) is 0 Å². The summed E-state index contributed by atoms with van der Waals surface area (Å²) < 4.78 is 0. The maximum atomic E-state index is 12.6. The summed E-state index contributed by atoms with van der Waals surface area (Å²) in [6.45, 7) is 3.86. The summed E-state index contributed by atoms with van der Waals surface area (Å²) in [5, 5.41) is 0. The number of hydrogen-bond acceptors (Lipinski definition) is 1. The van der Waals surface area contributed by atoms with Crippen LogP contribution in [0.1, 0.15) is 31.2 Å². The van der Waals surface area contributed by atoms with E-state index < -0.39 is 0 Å². The highest BCUT2D eigenvalue weighted by Crippen LogP contribution is 2.55. The van der Waals surface area contributed by atoms with E-state index in [4.69, 9.17) is 0 Å². The van der Waals surface area contributed by atoms with Crippen molar-refractivity contribution in [3.05, 3.63) is 48.6 Å². The number of carbonyl (C=O) groups is 1. The zero-order valence-corrected chi connectivity index (χ0v) is 10.8. The number of Topliss-reactive ketones (excluding diaryl/α,β-unsaturated/α-hetero) is 1. The number of carbonyl (C=O) groups excluding carboxylic acids is 1. The van der Waals surface area contributed by atoms with Crippen LogP contribution in [0.3, 0.4) is 0 Å². The van der Waals surface area contributed by atoms with Gasteiger partial charge in [-0.25, -0.2) is 0 Å². The van der Waals surface area contributed by atoms with E-state index in [0.29, 0.717) is 17.6 Å². The van der Waals surface area contributed by atoms with Crippen molar-refractivity contribution < 1.29 is 4.79 Å². The SMILES string of the molecule is C=CC[C@@]1(Cc2ccccc2)CC[C@@H]2C[C@@H]2C1=O. The first kappa shape index (κ1) is 11.7. The van der Waals surface area contributed by atoms with Crippen LogP contribution in [0.5, 0.6) is 0 Å². The van der Waals surface area contributed by atoms with Crippen molar-refractivity contribution in [3.8, 4) is 0 Å². The molecule has 1 aromatic carbocycles. The average Bonchev–Trinajstić information content (AvgIpc) is 3.16. The third kappa shape index (κ3) is 1.92. The Hall–Kier alpha value is -1.37. The molecule has 1 heteroatoms. The van der Waals surface area contributed by atoms with Crippen LogP contribution in [0.2, 0.25) is 0 Å². The van der Waals surface area contributed by atoms with Gasteiger partial charge in [0.05, 0.1) is 0 Å². The Morgan fingerprint density at radius 3 is 2.83 bits per heavy atom. The quantitative estimate of drug-likeness (QED) is 0.732. The lowest BCUT2D eigenvalue weighted by Gasteiger charge is -2.35. The zero-order chi connectivity index (χ0) is 12.6. The maximum absolute atomic E-state index is 12.6. The highest BCUT2D eigenvalue weighted by atomic mass is 16.1. The molecular formula is C17H20O. The molecule has 0 radical (unpaired) electrons. The number of allylic oxidation sites excluding steroid dienone is 1. The summed E-state index contributed by atoms with van der Waals surface area (Å²) in [5.74, 6) is 1.61. The molecule has 0 N–H and O–H groups in total. The number of hydrogen-bond donors (Lipinski definition) is 0. The van der Waals surface area contributed by atoms with Crippen molar-refractivity contribution in [2.75, 3.05) is 0 Å². The zero-order valence-electron chi connectivity index (χ0n) is 10.8. The Balaban J connectivity index is 1.86. The molecule has 2 fully saturated rings. The van der Waals surface area contributed by atoms with Crippen LogP contribution in [-0.4, -0.2) is 5.78 Å². The fourth-order valence-electron chi connectivity index (χ4n) is 3.58. The van der Waals surface area contributed by atoms with Gasteiger partial charge in [0.25, 0.3) is 0 Å². The molecule has 0 amide bonds. The first-order valence-electron chi connectivity index (χ1n) is 6.94. The van der Waals surface area contributed by atoms with Gasteiger partial charge in [0, 0.05) is 11.3 Å². The van der Waals surface area contributed by atoms with E-state index in [9.17, 15) is 4.79 Å². The van der Waals surface area contributed by atoms with Gasteiger partial charge in [-0.15, -0.1) is 6.58 Å². The first-order chi connectivity index (χ1) is 8.75. The van der Waals surface area contributed by atoms with Gasteiger partial charge in [-0.2, -0.15) is 0 Å². The standard InChI is InChI=1S/C17H20O/c1-2-9-17(12-13-6-4-3-5-7-13)10-8-14-11-15(14)16(17)18/h2-7,14-15H,1,8-12H2/t14-,15+,17+/m1/s1. The minimum atomic E-state index is -0.152. The molecule has 0 bridgehead atoms. The van der Waals surface area contributed by atoms with Gasteiger partial charge in [-0.3, -0.25) is 4.79 Å². The third-order valence-electron chi connectivity index (χ3n) is 4.70. The molecule has 0 saturated heterocycles. The molecule has 0 aromatic heterocycles. The molecule has 3 atom stereocenters. The van der Waals surface area contributed by atoms with Gasteiger partial charge >= 0.3 is 0 Å². The van der Waals surface area contributed by atoms with Crippen molar-refractivity contribution >= 4 is 5.78 Å². The average molecular weight is 240 g/mol. The van der Waals surface area contributed by atoms with Crippen molar-refractivity contribution in [2.24, 2.45) is 17.3 Å². The maximum Gasteiger partial charge on any atom is 0.143 e. The molecule has 0 unspecified atom stereocenters. The molecule has 0 spiro atoms. The van der Waals surface area contributed by atoms with E-state index in [2.05, 4.69) is 30.8 Å². The Morgan fingerprint density at radius 1 is 1.33 bits per heavy atom. The second-order valence-corrected chi connectivity index (χ2v) is 5.94. The summed E-state index contributed by atoms with van der Waals surface area (Å²) in [5.41, 5.74) is 1.13. The number of benzene rings is 1. The minimum absolute atomic E-state index is 0.152. The molecule has 94 valence electrons. The summed E-state index contributed by atoms with van der Waals surface area (Å²) >= 11 is 0. The van der Waals surface area contributed by atoms with Gasteiger partial charge in [0.15, 0.2) is 0 Å². The van der Waals surface area contributed by atoms with Crippen molar-refractivity contribution in [1.82, 2.24) is 0 Å². The first-order valence-corrected chi connectivity index (χ1v) is 6.94. The largest absolute Gasteiger partial charge is 0.299 e. The molecule has 18 heavy (non-hydrogen) atoms. The predicted octanol–water partition coefficient (Wildman–Crippen LogP) is 3.79. The van der Waals surface area contributed by atoms with Crippen LogP contribution < -0.4 is 0 Å². The Kier molecular flexibility index (Phi) is 2.85. The lowest BCUT2D eigenvalue weighted by atomic mass is 9.67. The van der Waals surface area contributed by atoms with Crippen molar-refractivity contribution in [3.63, 3.8) is 0 Å². The highest BCUT2D eigenvalue weighted by Gasteiger charge is 2.55. The van der Waals surface area contributed by atoms with Gasteiger partial charge in [-0.05, 0) is 43.6 Å². The number of rotatable bonds is 4. The molecule has 1 nitrogen and oxygen atoms in total. The molecule has 2 aliphatic rings. The van der Waals surface area contributed by atoms with Crippen LogP contribution in [-0.2, 0) is 11.2 Å². The lowest BCUT2D eigenvalue weighted by molar-refractivity contribution is -0.132. The van der Waals surface area contributed by atoms with Crippen molar-refractivity contribution in [2.45, 2.75) is 32.1 Å². The van der Waals surface area contributed by atoms with Crippen LogP contribution in [0, 0.1) is 17.3 Å². The van der Waals surface area contributed by atoms with E-state index in [1.165, 1.54) is 12.0 Å². The normalized spacial score (nSPS) is 33.9. The molecular weight excluding hydrogens is 220 g/mol. The molecule has 1 aromatic rings. The van der Waals surface area contributed by atoms with E-state index in [-0.39, 0.29) is 5.41 Å². The van der Waals surface area contributed by atoms with Gasteiger partial charge in [0.1, 0.15) is 5.78 Å². The summed E-state index contributed by atoms with van der Waals surface area (Å²) in [6, 6.07) is 10.4. The highest BCUT2D eigenvalue weighted by molar-refractivity contribution is 5.90. The fourth-order valence-corrected chi connectivity index (χ4v) is 3.58. The van der Waals surface area contributed by atoms with E-state index >= 15 is 0 Å². The van der Waals surface area contributed by atoms with Crippen LogP contribution >= 0.6 is 0 Å². The van der Waals surface area contributed by atoms with Crippen LogP contribution in [0.25, 0.3) is 0 Å². The number of fused-ring (bicyclic) bond motifs is 1. The summed E-state index contributed by atoms with van der Waals surface area (Å²) in [6.07, 6.45) is 7.09.